The van der Waals surface area contributed by atoms with E-state index in [1.54, 1.807) is 0 Å². The van der Waals surface area contributed by atoms with Crippen molar-refractivity contribution < 1.29 is 0 Å². The van der Waals surface area contributed by atoms with Crippen LogP contribution in [0.1, 0.15) is 52.9 Å². The molecule has 0 saturated carbocycles. The Morgan fingerprint density at radius 1 is 1.00 bits per heavy atom. The summed E-state index contributed by atoms with van der Waals surface area (Å²) < 4.78 is 0. The Hall–Kier alpha value is -0.0800. The first-order valence-corrected chi connectivity index (χ1v) is 8.08. The lowest BCUT2D eigenvalue weighted by molar-refractivity contribution is -0.0482. The fraction of sp³-hybridized carbons (Fsp3) is 1.00. The Balaban J connectivity index is 1.62. The van der Waals surface area contributed by atoms with Gasteiger partial charge >= 0.3 is 0 Å². The molecular formula is C16H32N2. The van der Waals surface area contributed by atoms with E-state index in [1.165, 1.54) is 71.4 Å². The van der Waals surface area contributed by atoms with E-state index in [0.717, 1.165) is 11.3 Å². The maximum atomic E-state index is 2.69. The molecule has 2 rings (SSSR count). The number of hydrogen-bond acceptors (Lipinski definition) is 2. The molecule has 0 N–H and O–H groups in total. The molecule has 2 aliphatic heterocycles. The molecule has 2 saturated heterocycles. The summed E-state index contributed by atoms with van der Waals surface area (Å²) in [7, 11) is 0. The lowest BCUT2D eigenvalue weighted by Gasteiger charge is -2.54. The largest absolute Gasteiger partial charge is 0.303 e. The summed E-state index contributed by atoms with van der Waals surface area (Å²) in [5.74, 6) is 0.825. The Labute approximate surface area is 114 Å². The predicted molar refractivity (Wildman–Crippen MR) is 78.9 cm³/mol. The van der Waals surface area contributed by atoms with Crippen LogP contribution >= 0.6 is 0 Å². The predicted octanol–water partition coefficient (Wildman–Crippen LogP) is 3.23. The maximum Gasteiger partial charge on any atom is 0.00514 e. The number of piperidine rings is 1. The van der Waals surface area contributed by atoms with Gasteiger partial charge in [0.15, 0.2) is 0 Å². The molecule has 0 aromatic carbocycles. The first kappa shape index (κ1) is 14.3. The van der Waals surface area contributed by atoms with Crippen molar-refractivity contribution in [3.63, 3.8) is 0 Å². The Morgan fingerprint density at radius 2 is 1.67 bits per heavy atom. The average molecular weight is 252 g/mol. The second kappa shape index (κ2) is 6.38. The summed E-state index contributed by atoms with van der Waals surface area (Å²) in [6, 6.07) is 0. The third-order valence-corrected chi connectivity index (χ3v) is 4.74. The highest BCUT2D eigenvalue weighted by Crippen LogP contribution is 2.40. The molecule has 2 nitrogen and oxygen atoms in total. The fourth-order valence-electron chi connectivity index (χ4n) is 3.69. The molecule has 0 amide bonds. The van der Waals surface area contributed by atoms with Crippen LogP contribution < -0.4 is 0 Å². The van der Waals surface area contributed by atoms with Crippen LogP contribution in [0.2, 0.25) is 0 Å². The molecule has 106 valence electrons. The van der Waals surface area contributed by atoms with Gasteiger partial charge in [0, 0.05) is 19.6 Å². The molecule has 0 bridgehead atoms. The Morgan fingerprint density at radius 3 is 2.22 bits per heavy atom. The first-order chi connectivity index (χ1) is 8.63. The van der Waals surface area contributed by atoms with Gasteiger partial charge in [-0.3, -0.25) is 0 Å². The number of hydrogen-bond donors (Lipinski definition) is 0. The van der Waals surface area contributed by atoms with E-state index in [0.29, 0.717) is 0 Å². The van der Waals surface area contributed by atoms with Crippen LogP contribution in [0.3, 0.4) is 0 Å². The van der Waals surface area contributed by atoms with Gasteiger partial charge in [0.2, 0.25) is 0 Å². The molecular weight excluding hydrogens is 220 g/mol. The standard InChI is InChI=1S/C16H32N2/c1-4-5-6-9-18-13-16(14-18)7-10-17(11-8-16)12-15(2)3/h15H,4-14H2,1-3H3. The minimum absolute atomic E-state index is 0.722. The van der Waals surface area contributed by atoms with Crippen molar-refractivity contribution in [2.45, 2.75) is 52.9 Å². The summed E-state index contributed by atoms with van der Waals surface area (Å²) in [5.41, 5.74) is 0.722. The van der Waals surface area contributed by atoms with Crippen LogP contribution in [0.25, 0.3) is 0 Å². The van der Waals surface area contributed by atoms with Gasteiger partial charge in [-0.15, -0.1) is 0 Å². The van der Waals surface area contributed by atoms with Gasteiger partial charge in [0.1, 0.15) is 0 Å². The summed E-state index contributed by atoms with van der Waals surface area (Å²) >= 11 is 0. The van der Waals surface area contributed by atoms with E-state index in [1.807, 2.05) is 0 Å². The molecule has 2 aliphatic rings. The van der Waals surface area contributed by atoms with E-state index < -0.39 is 0 Å². The first-order valence-electron chi connectivity index (χ1n) is 8.08. The normalized spacial score (nSPS) is 24.7. The quantitative estimate of drug-likeness (QED) is 0.670. The summed E-state index contributed by atoms with van der Waals surface area (Å²) in [4.78, 5) is 5.36. The zero-order valence-electron chi connectivity index (χ0n) is 12.7. The van der Waals surface area contributed by atoms with Gasteiger partial charge in [0.25, 0.3) is 0 Å². The van der Waals surface area contributed by atoms with Gasteiger partial charge in [-0.2, -0.15) is 0 Å². The third kappa shape index (κ3) is 3.71. The topological polar surface area (TPSA) is 6.48 Å². The minimum atomic E-state index is 0.722. The second-order valence-electron chi connectivity index (χ2n) is 7.11. The maximum absolute atomic E-state index is 2.69. The second-order valence-corrected chi connectivity index (χ2v) is 7.11. The molecule has 0 aromatic rings. The van der Waals surface area contributed by atoms with Crippen molar-refractivity contribution in [1.82, 2.24) is 9.80 Å². The molecule has 2 fully saturated rings. The van der Waals surface area contributed by atoms with Crippen molar-refractivity contribution in [2.24, 2.45) is 11.3 Å². The smallest absolute Gasteiger partial charge is 0.00514 e. The van der Waals surface area contributed by atoms with Gasteiger partial charge in [-0.05, 0) is 50.2 Å². The SMILES string of the molecule is CCCCCN1CC2(CCN(CC(C)C)CC2)C1. The zero-order valence-corrected chi connectivity index (χ0v) is 12.7. The van der Waals surface area contributed by atoms with Gasteiger partial charge in [-0.25, -0.2) is 0 Å². The Kier molecular flexibility index (Phi) is 5.08. The van der Waals surface area contributed by atoms with Crippen molar-refractivity contribution in [3.8, 4) is 0 Å². The summed E-state index contributed by atoms with van der Waals surface area (Å²) in [5, 5.41) is 0. The van der Waals surface area contributed by atoms with Crippen LogP contribution in [0.15, 0.2) is 0 Å². The van der Waals surface area contributed by atoms with Crippen LogP contribution in [-0.2, 0) is 0 Å². The van der Waals surface area contributed by atoms with Gasteiger partial charge in [-0.1, -0.05) is 33.6 Å². The molecule has 0 radical (unpaired) electrons. The lowest BCUT2D eigenvalue weighted by atomic mass is 9.72. The van der Waals surface area contributed by atoms with Crippen molar-refractivity contribution in [1.29, 1.82) is 0 Å². The Bertz CT molecular complexity index is 233. The molecule has 0 aliphatic carbocycles. The lowest BCUT2D eigenvalue weighted by Crippen LogP contribution is -2.60. The van der Waals surface area contributed by atoms with E-state index >= 15 is 0 Å². The third-order valence-electron chi connectivity index (χ3n) is 4.74. The van der Waals surface area contributed by atoms with E-state index in [-0.39, 0.29) is 0 Å². The van der Waals surface area contributed by atoms with Gasteiger partial charge in [0.05, 0.1) is 0 Å². The van der Waals surface area contributed by atoms with Gasteiger partial charge < -0.3 is 9.80 Å². The van der Waals surface area contributed by atoms with E-state index in [9.17, 15) is 0 Å². The highest BCUT2D eigenvalue weighted by Gasteiger charge is 2.44. The summed E-state index contributed by atoms with van der Waals surface area (Å²) in [6.07, 6.45) is 7.06. The van der Waals surface area contributed by atoms with Crippen LogP contribution in [0.4, 0.5) is 0 Å². The molecule has 0 unspecified atom stereocenters. The minimum Gasteiger partial charge on any atom is -0.303 e. The van der Waals surface area contributed by atoms with Crippen LogP contribution in [0.5, 0.6) is 0 Å². The van der Waals surface area contributed by atoms with Crippen LogP contribution in [-0.4, -0.2) is 49.1 Å². The van der Waals surface area contributed by atoms with Crippen LogP contribution in [0, 0.1) is 11.3 Å². The van der Waals surface area contributed by atoms with E-state index in [4.69, 9.17) is 0 Å². The van der Waals surface area contributed by atoms with Crippen molar-refractivity contribution in [2.75, 3.05) is 39.3 Å². The summed E-state index contributed by atoms with van der Waals surface area (Å²) in [6.45, 7) is 15.1. The van der Waals surface area contributed by atoms with E-state index in [2.05, 4.69) is 30.6 Å². The molecule has 2 heteroatoms. The molecule has 2 heterocycles. The highest BCUT2D eigenvalue weighted by molar-refractivity contribution is 4.98. The van der Waals surface area contributed by atoms with Crippen molar-refractivity contribution in [3.05, 3.63) is 0 Å². The van der Waals surface area contributed by atoms with Crippen molar-refractivity contribution >= 4 is 0 Å². The highest BCUT2D eigenvalue weighted by atomic mass is 15.2. The average Bonchev–Trinajstić information content (AvgIpc) is 2.29. The molecule has 1 spiro atoms. The molecule has 0 atom stereocenters. The monoisotopic (exact) mass is 252 g/mol. The zero-order chi connectivity index (χ0) is 13.0. The number of likely N-dealkylation sites (tertiary alicyclic amines) is 2. The number of rotatable bonds is 6. The number of unbranched alkanes of at least 4 members (excludes halogenated alkanes) is 2. The molecule has 18 heavy (non-hydrogen) atoms. The number of nitrogens with zero attached hydrogens (tertiary/aromatic N) is 2. The fourth-order valence-corrected chi connectivity index (χ4v) is 3.69. The molecule has 0 aromatic heterocycles.